The first-order valence-electron chi connectivity index (χ1n) is 6.68. The summed E-state index contributed by atoms with van der Waals surface area (Å²) in [5, 5.41) is 3.04. The fourth-order valence-corrected chi connectivity index (χ4v) is 3.72. The van der Waals surface area contributed by atoms with Gasteiger partial charge in [0.2, 0.25) is 10.0 Å². The molecule has 108 valence electrons. The van der Waals surface area contributed by atoms with Crippen molar-refractivity contribution in [2.45, 2.75) is 44.7 Å². The third-order valence-electron chi connectivity index (χ3n) is 2.93. The summed E-state index contributed by atoms with van der Waals surface area (Å²) in [6.07, 6.45) is 0.815. The first-order chi connectivity index (χ1) is 8.93. The molecule has 0 aliphatic heterocycles. The van der Waals surface area contributed by atoms with Crippen LogP contribution in [0.5, 0.6) is 0 Å². The zero-order chi connectivity index (χ0) is 14.5. The molecular formula is C14H24N2O2S. The Bertz CT molecular complexity index is 481. The zero-order valence-electron chi connectivity index (χ0n) is 12.2. The van der Waals surface area contributed by atoms with Crippen molar-refractivity contribution in [3.05, 3.63) is 29.8 Å². The molecule has 0 unspecified atom stereocenters. The summed E-state index contributed by atoms with van der Waals surface area (Å²) in [5.41, 5.74) is 1.08. The molecule has 0 aliphatic rings. The van der Waals surface area contributed by atoms with Crippen LogP contribution >= 0.6 is 0 Å². The van der Waals surface area contributed by atoms with Crippen LogP contribution < -0.4 is 5.32 Å². The minimum Gasteiger partial charge on any atom is -0.316 e. The molecule has 1 aromatic carbocycles. The van der Waals surface area contributed by atoms with Crippen molar-refractivity contribution in [3.63, 3.8) is 0 Å². The van der Waals surface area contributed by atoms with Gasteiger partial charge in [0.15, 0.2) is 0 Å². The quantitative estimate of drug-likeness (QED) is 0.835. The molecule has 4 nitrogen and oxygen atoms in total. The number of sulfonamides is 1. The van der Waals surface area contributed by atoms with Gasteiger partial charge in [-0.15, -0.1) is 0 Å². The predicted octanol–water partition coefficient (Wildman–Crippen LogP) is 2.22. The maximum Gasteiger partial charge on any atom is 0.243 e. The first-order valence-corrected chi connectivity index (χ1v) is 8.12. The van der Waals surface area contributed by atoms with Crippen molar-refractivity contribution in [3.8, 4) is 0 Å². The Morgan fingerprint density at radius 1 is 1.21 bits per heavy atom. The SMILES string of the molecule is CCCN(C(C)C)S(=O)(=O)c1ccc(CNC)cc1. The molecule has 1 N–H and O–H groups in total. The Hall–Kier alpha value is -0.910. The Morgan fingerprint density at radius 3 is 2.21 bits per heavy atom. The molecule has 1 aromatic rings. The molecule has 0 amide bonds. The average molecular weight is 284 g/mol. The van der Waals surface area contributed by atoms with Gasteiger partial charge in [-0.05, 0) is 45.0 Å². The van der Waals surface area contributed by atoms with E-state index in [0.717, 1.165) is 18.5 Å². The van der Waals surface area contributed by atoms with E-state index in [9.17, 15) is 8.42 Å². The van der Waals surface area contributed by atoms with Gasteiger partial charge in [-0.3, -0.25) is 0 Å². The van der Waals surface area contributed by atoms with Crippen LogP contribution in [0.1, 0.15) is 32.8 Å². The van der Waals surface area contributed by atoms with E-state index in [2.05, 4.69) is 5.32 Å². The van der Waals surface area contributed by atoms with E-state index in [1.165, 1.54) is 0 Å². The van der Waals surface area contributed by atoms with Crippen LogP contribution in [-0.4, -0.2) is 32.4 Å². The molecular weight excluding hydrogens is 260 g/mol. The smallest absolute Gasteiger partial charge is 0.243 e. The number of hydrogen-bond acceptors (Lipinski definition) is 3. The van der Waals surface area contributed by atoms with Gasteiger partial charge in [-0.25, -0.2) is 8.42 Å². The highest BCUT2D eigenvalue weighted by Crippen LogP contribution is 2.19. The van der Waals surface area contributed by atoms with Gasteiger partial charge in [0, 0.05) is 19.1 Å². The Kier molecular flexibility index (Phi) is 5.97. The van der Waals surface area contributed by atoms with Gasteiger partial charge in [-0.2, -0.15) is 4.31 Å². The summed E-state index contributed by atoms with van der Waals surface area (Å²) in [6, 6.07) is 7.06. The second kappa shape index (κ2) is 7.03. The molecule has 0 heterocycles. The van der Waals surface area contributed by atoms with Gasteiger partial charge in [-0.1, -0.05) is 19.1 Å². The third kappa shape index (κ3) is 4.03. The van der Waals surface area contributed by atoms with Crippen LogP contribution in [0.15, 0.2) is 29.2 Å². The topological polar surface area (TPSA) is 49.4 Å². The molecule has 0 spiro atoms. The van der Waals surface area contributed by atoms with E-state index in [4.69, 9.17) is 0 Å². The van der Waals surface area contributed by atoms with E-state index >= 15 is 0 Å². The molecule has 0 bridgehead atoms. The standard InChI is InChI=1S/C14H24N2O2S/c1-5-10-16(12(2)3)19(17,18)14-8-6-13(7-9-14)11-15-4/h6-9,12,15H,5,10-11H2,1-4H3. The zero-order valence-corrected chi connectivity index (χ0v) is 13.0. The monoisotopic (exact) mass is 284 g/mol. The maximum absolute atomic E-state index is 12.5. The van der Waals surface area contributed by atoms with Crippen LogP contribution in [0.2, 0.25) is 0 Å². The van der Waals surface area contributed by atoms with Crippen LogP contribution in [0.3, 0.4) is 0 Å². The van der Waals surface area contributed by atoms with Crippen LogP contribution in [-0.2, 0) is 16.6 Å². The number of hydrogen-bond donors (Lipinski definition) is 1. The maximum atomic E-state index is 12.5. The minimum absolute atomic E-state index is 0.0260. The van der Waals surface area contributed by atoms with Crippen molar-refractivity contribution >= 4 is 10.0 Å². The van der Waals surface area contributed by atoms with Gasteiger partial charge in [0.05, 0.1) is 4.90 Å². The third-order valence-corrected chi connectivity index (χ3v) is 5.02. The molecule has 0 saturated carbocycles. The largest absolute Gasteiger partial charge is 0.316 e. The summed E-state index contributed by atoms with van der Waals surface area (Å²) in [7, 11) is -1.51. The highest BCUT2D eigenvalue weighted by Gasteiger charge is 2.25. The average Bonchev–Trinajstić information content (AvgIpc) is 2.36. The van der Waals surface area contributed by atoms with Crippen molar-refractivity contribution < 1.29 is 8.42 Å². The molecule has 5 heteroatoms. The molecule has 19 heavy (non-hydrogen) atoms. The van der Waals surface area contributed by atoms with E-state index in [0.29, 0.717) is 11.4 Å². The number of nitrogens with zero attached hydrogens (tertiary/aromatic N) is 1. The van der Waals surface area contributed by atoms with Gasteiger partial charge in [0.1, 0.15) is 0 Å². The van der Waals surface area contributed by atoms with Crippen LogP contribution in [0, 0.1) is 0 Å². The summed E-state index contributed by atoms with van der Waals surface area (Å²) in [5.74, 6) is 0. The molecule has 1 rings (SSSR count). The fourth-order valence-electron chi connectivity index (χ4n) is 2.00. The van der Waals surface area contributed by atoms with E-state index in [1.807, 2.05) is 40.0 Å². The lowest BCUT2D eigenvalue weighted by Crippen LogP contribution is -2.37. The van der Waals surface area contributed by atoms with Crippen LogP contribution in [0.25, 0.3) is 0 Å². The predicted molar refractivity (Wildman–Crippen MR) is 78.5 cm³/mol. The van der Waals surface area contributed by atoms with E-state index in [1.54, 1.807) is 16.4 Å². The lowest BCUT2D eigenvalue weighted by molar-refractivity contribution is 0.354. The summed E-state index contributed by atoms with van der Waals surface area (Å²) >= 11 is 0. The Balaban J connectivity index is 3.04. The highest BCUT2D eigenvalue weighted by molar-refractivity contribution is 7.89. The van der Waals surface area contributed by atoms with Gasteiger partial charge in [0.25, 0.3) is 0 Å². The van der Waals surface area contributed by atoms with Gasteiger partial charge >= 0.3 is 0 Å². The van der Waals surface area contributed by atoms with Crippen molar-refractivity contribution in [1.29, 1.82) is 0 Å². The normalized spacial score (nSPS) is 12.3. The summed E-state index contributed by atoms with van der Waals surface area (Å²) in [6.45, 7) is 7.09. The van der Waals surface area contributed by atoms with E-state index < -0.39 is 10.0 Å². The number of rotatable bonds is 7. The Labute approximate surface area is 116 Å². The summed E-state index contributed by atoms with van der Waals surface area (Å²) in [4.78, 5) is 0.370. The molecule has 0 aromatic heterocycles. The van der Waals surface area contributed by atoms with Crippen molar-refractivity contribution in [2.24, 2.45) is 0 Å². The molecule has 0 fully saturated rings. The van der Waals surface area contributed by atoms with Crippen molar-refractivity contribution in [1.82, 2.24) is 9.62 Å². The minimum atomic E-state index is -3.38. The first kappa shape index (κ1) is 16.1. The summed E-state index contributed by atoms with van der Waals surface area (Å²) < 4.78 is 26.6. The van der Waals surface area contributed by atoms with E-state index in [-0.39, 0.29) is 6.04 Å². The molecule has 0 aliphatic carbocycles. The second-order valence-corrected chi connectivity index (χ2v) is 6.77. The lowest BCUT2D eigenvalue weighted by atomic mass is 10.2. The lowest BCUT2D eigenvalue weighted by Gasteiger charge is -2.25. The number of benzene rings is 1. The second-order valence-electron chi connectivity index (χ2n) is 4.88. The Morgan fingerprint density at radius 2 is 1.79 bits per heavy atom. The molecule has 0 atom stereocenters. The van der Waals surface area contributed by atoms with Crippen LogP contribution in [0.4, 0.5) is 0 Å². The molecule has 0 radical (unpaired) electrons. The van der Waals surface area contributed by atoms with Gasteiger partial charge < -0.3 is 5.32 Å². The highest BCUT2D eigenvalue weighted by atomic mass is 32.2. The fraction of sp³-hybridized carbons (Fsp3) is 0.571. The van der Waals surface area contributed by atoms with Crippen molar-refractivity contribution in [2.75, 3.05) is 13.6 Å². The number of nitrogens with one attached hydrogen (secondary N) is 1. The molecule has 0 saturated heterocycles.